The highest BCUT2D eigenvalue weighted by Gasteiger charge is 2.32. The zero-order chi connectivity index (χ0) is 41.6. The van der Waals surface area contributed by atoms with Gasteiger partial charge in [0, 0.05) is 26.1 Å². The molecular weight excluding hydrogens is 770 g/mol. The number of ether oxygens (including phenoxy) is 3. The molecule has 58 heavy (non-hydrogen) atoms. The van der Waals surface area contributed by atoms with Crippen molar-refractivity contribution in [1.29, 1.82) is 0 Å². The Labute approximate surface area is 334 Å². The van der Waals surface area contributed by atoms with Gasteiger partial charge in [0.15, 0.2) is 13.2 Å². The van der Waals surface area contributed by atoms with E-state index in [0.29, 0.717) is 56.6 Å². The highest BCUT2D eigenvalue weighted by atomic mass is 19.4. The maximum Gasteiger partial charge on any atom is 0.416 e. The number of aliphatic hydroxyl groups excluding tert-OH is 1. The number of benzene rings is 4. The molecule has 2 N–H and O–H groups in total. The average Bonchev–Trinajstić information content (AvgIpc) is 3.85. The van der Waals surface area contributed by atoms with Gasteiger partial charge in [-0.3, -0.25) is 9.59 Å². The Hall–Kier alpha value is -5.44. The van der Waals surface area contributed by atoms with Crippen LogP contribution in [0.25, 0.3) is 0 Å². The van der Waals surface area contributed by atoms with Gasteiger partial charge in [0.1, 0.15) is 29.1 Å². The Morgan fingerprint density at radius 3 is 1.55 bits per heavy atom. The summed E-state index contributed by atoms with van der Waals surface area (Å²) in [6, 6.07) is 24.0. The van der Waals surface area contributed by atoms with E-state index in [2.05, 4.69) is 13.8 Å². The minimum atomic E-state index is -4.41. The van der Waals surface area contributed by atoms with Crippen molar-refractivity contribution in [3.63, 3.8) is 0 Å². The van der Waals surface area contributed by atoms with Gasteiger partial charge >= 0.3 is 12.4 Å². The summed E-state index contributed by atoms with van der Waals surface area (Å²) >= 11 is 0. The summed E-state index contributed by atoms with van der Waals surface area (Å²) in [5.41, 5.74) is 0.847. The molecule has 0 aromatic heterocycles. The summed E-state index contributed by atoms with van der Waals surface area (Å²) in [5, 5.41) is 18.0. The van der Waals surface area contributed by atoms with Crippen molar-refractivity contribution in [2.45, 2.75) is 71.5 Å². The van der Waals surface area contributed by atoms with Crippen LogP contribution in [0.1, 0.15) is 56.4 Å². The second-order valence-electron chi connectivity index (χ2n) is 13.3. The number of phenolic OH excluding ortho intramolecular Hbond substituents is 1. The van der Waals surface area contributed by atoms with Crippen LogP contribution in [0.15, 0.2) is 97.1 Å². The highest BCUT2D eigenvalue weighted by Crippen LogP contribution is 2.32. The SMILES string of the molecule is C.CCc1ccc(OCC(=O)N2CC[C@@H](O)C2)cc1.CCc1ccc(OCC(=O)N2CC[C@H](Oc3cccc(C(F)(F)F)c3)C2)cc1.Oc1cccc(C(F)(F)F)c1. The van der Waals surface area contributed by atoms with Gasteiger partial charge in [-0.1, -0.05) is 57.7 Å². The number of rotatable bonds is 10. The molecule has 6 rings (SSSR count). The molecule has 316 valence electrons. The van der Waals surface area contributed by atoms with Crippen molar-refractivity contribution >= 4 is 11.8 Å². The Morgan fingerprint density at radius 2 is 1.12 bits per heavy atom. The van der Waals surface area contributed by atoms with Crippen molar-refractivity contribution in [2.75, 3.05) is 39.4 Å². The third-order valence-electron chi connectivity index (χ3n) is 9.04. The van der Waals surface area contributed by atoms with Gasteiger partial charge in [-0.15, -0.1) is 0 Å². The molecule has 0 spiro atoms. The van der Waals surface area contributed by atoms with E-state index in [9.17, 15) is 41.0 Å². The van der Waals surface area contributed by atoms with Crippen LogP contribution in [0, 0.1) is 0 Å². The zero-order valence-corrected chi connectivity index (χ0v) is 31.6. The van der Waals surface area contributed by atoms with Gasteiger partial charge in [-0.05, 0) is 91.1 Å². The number of aryl methyl sites for hydroxylation is 2. The lowest BCUT2D eigenvalue weighted by atomic mass is 10.2. The van der Waals surface area contributed by atoms with Gasteiger partial charge < -0.3 is 34.2 Å². The minimum absolute atomic E-state index is 0. The molecule has 0 radical (unpaired) electrons. The van der Waals surface area contributed by atoms with Gasteiger partial charge in [0.25, 0.3) is 11.8 Å². The van der Waals surface area contributed by atoms with Crippen LogP contribution in [0.2, 0.25) is 0 Å². The third-order valence-corrected chi connectivity index (χ3v) is 9.04. The first-order chi connectivity index (χ1) is 27.0. The van der Waals surface area contributed by atoms with Crippen LogP contribution in [0.3, 0.4) is 0 Å². The number of aromatic hydroxyl groups is 1. The fourth-order valence-electron chi connectivity index (χ4n) is 5.76. The number of carbonyl (C=O) groups is 2. The molecule has 15 heteroatoms. The van der Waals surface area contributed by atoms with Crippen molar-refractivity contribution in [2.24, 2.45) is 0 Å². The lowest BCUT2D eigenvalue weighted by Crippen LogP contribution is -2.34. The van der Waals surface area contributed by atoms with Crippen LogP contribution in [0.4, 0.5) is 26.3 Å². The van der Waals surface area contributed by atoms with E-state index in [4.69, 9.17) is 19.3 Å². The summed E-state index contributed by atoms with van der Waals surface area (Å²) in [6.45, 7) is 5.98. The van der Waals surface area contributed by atoms with E-state index in [-0.39, 0.29) is 56.2 Å². The Balaban J connectivity index is 0.000000256. The lowest BCUT2D eigenvalue weighted by molar-refractivity contribution is -0.138. The van der Waals surface area contributed by atoms with Crippen LogP contribution >= 0.6 is 0 Å². The number of phenols is 1. The van der Waals surface area contributed by atoms with E-state index in [0.717, 1.165) is 37.1 Å². The fourth-order valence-corrected chi connectivity index (χ4v) is 5.76. The second-order valence-corrected chi connectivity index (χ2v) is 13.3. The van der Waals surface area contributed by atoms with E-state index in [1.165, 1.54) is 29.3 Å². The average molecular weight is 821 g/mol. The molecule has 2 amide bonds. The first kappa shape index (κ1) is 46.9. The van der Waals surface area contributed by atoms with E-state index >= 15 is 0 Å². The van der Waals surface area contributed by atoms with Gasteiger partial charge in [0.2, 0.25) is 0 Å². The van der Waals surface area contributed by atoms with Crippen LogP contribution in [-0.4, -0.2) is 83.4 Å². The summed E-state index contributed by atoms with van der Waals surface area (Å²) in [7, 11) is 0. The van der Waals surface area contributed by atoms with Gasteiger partial charge in [0.05, 0.1) is 23.8 Å². The quantitative estimate of drug-likeness (QED) is 0.154. The highest BCUT2D eigenvalue weighted by molar-refractivity contribution is 5.78. The van der Waals surface area contributed by atoms with Crippen LogP contribution in [-0.2, 0) is 34.8 Å². The number of likely N-dealkylation sites (tertiary alicyclic amines) is 2. The molecule has 0 bridgehead atoms. The number of hydrogen-bond donors (Lipinski definition) is 2. The van der Waals surface area contributed by atoms with E-state index < -0.39 is 23.5 Å². The lowest BCUT2D eigenvalue weighted by Gasteiger charge is -2.18. The second kappa shape index (κ2) is 21.9. The Morgan fingerprint density at radius 1 is 0.655 bits per heavy atom. The summed E-state index contributed by atoms with van der Waals surface area (Å²) in [6.07, 6.45) is -6.35. The number of halogens is 6. The molecule has 4 aromatic rings. The topological polar surface area (TPSA) is 109 Å². The number of aliphatic hydroxyl groups is 1. The molecule has 4 aromatic carbocycles. The fraction of sp³-hybridized carbons (Fsp3) is 0.395. The molecule has 0 saturated carbocycles. The number of hydrogen-bond acceptors (Lipinski definition) is 7. The summed E-state index contributed by atoms with van der Waals surface area (Å²) in [4.78, 5) is 27.4. The van der Waals surface area contributed by atoms with Crippen molar-refractivity contribution in [3.8, 4) is 23.0 Å². The standard InChI is InChI=1S/C21H22F3NO3.C14H19NO3.C7H5F3O.CH4/c1-2-15-6-8-17(9-7-15)27-14-20(26)25-11-10-19(13-25)28-18-5-3-4-16(12-18)21(22,23)24;1-2-11-3-5-13(6-4-11)18-10-14(17)15-8-7-12(16)9-15;8-7(9,10)5-2-1-3-6(11)4-5;/h3-9,12,19H,2,10-11,13-14H2,1H3;3-6,12,16H,2,7-10H2,1H3;1-4,11H;1H4/t19-;12-;;/m01../s1. The van der Waals surface area contributed by atoms with E-state index in [1.807, 2.05) is 48.5 Å². The molecule has 2 saturated heterocycles. The minimum Gasteiger partial charge on any atom is -0.508 e. The molecule has 2 fully saturated rings. The van der Waals surface area contributed by atoms with Crippen molar-refractivity contribution in [1.82, 2.24) is 9.80 Å². The molecular formula is C43H50F6N2O7. The Kier molecular flexibility index (Phi) is 17.7. The third kappa shape index (κ3) is 15.1. The molecule has 2 aliphatic heterocycles. The van der Waals surface area contributed by atoms with Gasteiger partial charge in [-0.2, -0.15) is 26.3 Å². The van der Waals surface area contributed by atoms with Crippen molar-refractivity contribution in [3.05, 3.63) is 119 Å². The number of carbonyl (C=O) groups excluding carboxylic acids is 2. The first-order valence-electron chi connectivity index (χ1n) is 18.4. The Bertz CT molecular complexity index is 1870. The normalized spacial score (nSPS) is 16.2. The van der Waals surface area contributed by atoms with Crippen LogP contribution in [0.5, 0.6) is 23.0 Å². The molecule has 9 nitrogen and oxygen atoms in total. The maximum atomic E-state index is 12.8. The maximum absolute atomic E-state index is 12.8. The number of β-amino-alcohol motifs (C(OH)–C–C–N with tert-alkyl or cyclic N) is 1. The largest absolute Gasteiger partial charge is 0.508 e. The number of nitrogens with zero attached hydrogens (tertiary/aromatic N) is 2. The monoisotopic (exact) mass is 820 g/mol. The van der Waals surface area contributed by atoms with E-state index in [1.54, 1.807) is 9.80 Å². The zero-order valence-electron chi connectivity index (χ0n) is 31.6. The molecule has 2 aliphatic rings. The molecule has 0 aliphatic carbocycles. The van der Waals surface area contributed by atoms with Crippen LogP contribution < -0.4 is 14.2 Å². The van der Waals surface area contributed by atoms with Gasteiger partial charge in [-0.25, -0.2) is 0 Å². The molecule has 2 atom stereocenters. The first-order valence-corrected chi connectivity index (χ1v) is 18.4. The smallest absolute Gasteiger partial charge is 0.416 e. The molecule has 0 unspecified atom stereocenters. The summed E-state index contributed by atoms with van der Waals surface area (Å²) < 4.78 is 90.6. The van der Waals surface area contributed by atoms with Crippen molar-refractivity contribution < 1.29 is 60.4 Å². The summed E-state index contributed by atoms with van der Waals surface area (Å²) in [5.74, 6) is 0.879. The predicted octanol–water partition coefficient (Wildman–Crippen LogP) is 8.59. The number of alkyl halides is 6. The number of amides is 2. The molecule has 2 heterocycles. The predicted molar refractivity (Wildman–Crippen MR) is 207 cm³/mol.